The zero-order valence-corrected chi connectivity index (χ0v) is 13.4. The lowest BCUT2D eigenvalue weighted by molar-refractivity contribution is -0.140. The number of esters is 1. The number of nitrogens with two attached hydrogens (primary N) is 1. The molecule has 0 aliphatic carbocycles. The SMILES string of the molecule is COC(=O)CCCCCNC(=S)N1CCC(C(N)=O)CC1. The van der Waals surface area contributed by atoms with Crippen LogP contribution in [0.2, 0.25) is 0 Å². The Balaban J connectivity index is 2.07. The lowest BCUT2D eigenvalue weighted by Gasteiger charge is -2.32. The van der Waals surface area contributed by atoms with E-state index in [2.05, 4.69) is 15.0 Å². The third-order valence-electron chi connectivity index (χ3n) is 3.75. The van der Waals surface area contributed by atoms with Gasteiger partial charge in [-0.2, -0.15) is 0 Å². The van der Waals surface area contributed by atoms with Crippen molar-refractivity contribution in [3.8, 4) is 0 Å². The van der Waals surface area contributed by atoms with Crippen LogP contribution < -0.4 is 11.1 Å². The van der Waals surface area contributed by atoms with Crippen molar-refractivity contribution in [2.75, 3.05) is 26.7 Å². The molecule has 3 N–H and O–H groups in total. The minimum atomic E-state index is -0.209. The Morgan fingerprint density at radius 1 is 1.29 bits per heavy atom. The van der Waals surface area contributed by atoms with E-state index in [4.69, 9.17) is 18.0 Å². The van der Waals surface area contributed by atoms with Gasteiger partial charge in [0.25, 0.3) is 0 Å². The predicted molar refractivity (Wildman–Crippen MR) is 84.6 cm³/mol. The standard InChI is InChI=1S/C14H25N3O3S/c1-20-12(18)5-3-2-4-8-16-14(21)17-9-6-11(7-10-17)13(15)19/h11H,2-10H2,1H3,(H2,15,19)(H,16,21). The third kappa shape index (κ3) is 6.75. The largest absolute Gasteiger partial charge is 0.469 e. The number of nitrogens with zero attached hydrogens (tertiary/aromatic N) is 1. The summed E-state index contributed by atoms with van der Waals surface area (Å²) in [5, 5.41) is 3.97. The Bertz CT molecular complexity index is 368. The third-order valence-corrected chi connectivity index (χ3v) is 4.15. The quantitative estimate of drug-likeness (QED) is 0.410. The van der Waals surface area contributed by atoms with Gasteiger partial charge in [-0.1, -0.05) is 6.42 Å². The van der Waals surface area contributed by atoms with Gasteiger partial charge >= 0.3 is 5.97 Å². The van der Waals surface area contributed by atoms with E-state index < -0.39 is 0 Å². The Morgan fingerprint density at radius 3 is 2.52 bits per heavy atom. The molecule has 120 valence electrons. The van der Waals surface area contributed by atoms with Crippen LogP contribution >= 0.6 is 12.2 Å². The Hall–Kier alpha value is -1.37. The second kappa shape index (κ2) is 9.55. The molecule has 0 spiro atoms. The van der Waals surface area contributed by atoms with Crippen molar-refractivity contribution in [2.45, 2.75) is 38.5 Å². The van der Waals surface area contributed by atoms with Crippen LogP contribution in [0.4, 0.5) is 0 Å². The molecule has 7 heteroatoms. The molecule has 1 amide bonds. The van der Waals surface area contributed by atoms with E-state index in [1.807, 2.05) is 0 Å². The highest BCUT2D eigenvalue weighted by molar-refractivity contribution is 7.80. The van der Waals surface area contributed by atoms with Gasteiger partial charge in [-0.3, -0.25) is 9.59 Å². The first-order valence-electron chi connectivity index (χ1n) is 7.43. The molecule has 0 aromatic rings. The molecule has 1 heterocycles. The average molecular weight is 315 g/mol. The number of nitrogens with one attached hydrogen (secondary N) is 1. The number of thiocarbonyl (C=S) groups is 1. The molecular formula is C14H25N3O3S. The van der Waals surface area contributed by atoms with Crippen LogP contribution in [-0.2, 0) is 14.3 Å². The number of carbonyl (C=O) groups excluding carboxylic acids is 2. The number of hydrogen-bond donors (Lipinski definition) is 2. The van der Waals surface area contributed by atoms with Gasteiger partial charge in [0, 0.05) is 32.0 Å². The highest BCUT2D eigenvalue weighted by atomic mass is 32.1. The number of likely N-dealkylation sites (tertiary alicyclic amines) is 1. The van der Waals surface area contributed by atoms with Gasteiger partial charge in [-0.15, -0.1) is 0 Å². The Labute approximate surface area is 131 Å². The van der Waals surface area contributed by atoms with Gasteiger partial charge < -0.3 is 20.7 Å². The topological polar surface area (TPSA) is 84.7 Å². The number of hydrogen-bond acceptors (Lipinski definition) is 4. The number of unbranched alkanes of at least 4 members (excludes halogenated alkanes) is 2. The van der Waals surface area contributed by atoms with Crippen LogP contribution in [0, 0.1) is 5.92 Å². The first kappa shape index (κ1) is 17.7. The van der Waals surface area contributed by atoms with E-state index in [0.717, 1.165) is 56.9 Å². The average Bonchev–Trinajstić information content (AvgIpc) is 2.50. The van der Waals surface area contributed by atoms with E-state index in [1.54, 1.807) is 0 Å². The summed E-state index contributed by atoms with van der Waals surface area (Å²) in [5.74, 6) is -0.377. The molecule has 0 unspecified atom stereocenters. The number of amides is 1. The van der Waals surface area contributed by atoms with E-state index in [1.165, 1.54) is 7.11 Å². The second-order valence-electron chi connectivity index (χ2n) is 5.28. The Morgan fingerprint density at radius 2 is 1.95 bits per heavy atom. The van der Waals surface area contributed by atoms with Crippen LogP contribution in [0.3, 0.4) is 0 Å². The summed E-state index contributed by atoms with van der Waals surface area (Å²) in [5.41, 5.74) is 5.31. The van der Waals surface area contributed by atoms with Crippen LogP contribution in [0.5, 0.6) is 0 Å². The molecular weight excluding hydrogens is 290 g/mol. The molecule has 1 rings (SSSR count). The number of primary amides is 1. The molecule has 0 aromatic carbocycles. The Kier molecular flexibility index (Phi) is 8.04. The van der Waals surface area contributed by atoms with Crippen molar-refractivity contribution >= 4 is 29.2 Å². The molecule has 1 saturated heterocycles. The number of ether oxygens (including phenoxy) is 1. The fourth-order valence-electron chi connectivity index (χ4n) is 2.35. The lowest BCUT2D eigenvalue weighted by Crippen LogP contribution is -2.46. The van der Waals surface area contributed by atoms with Gasteiger partial charge in [0.2, 0.25) is 5.91 Å². The first-order chi connectivity index (χ1) is 10.0. The molecule has 0 bridgehead atoms. The number of methoxy groups -OCH3 is 1. The zero-order valence-electron chi connectivity index (χ0n) is 12.6. The summed E-state index contributed by atoms with van der Waals surface area (Å²) >= 11 is 5.34. The van der Waals surface area contributed by atoms with Crippen molar-refractivity contribution < 1.29 is 14.3 Å². The number of rotatable bonds is 7. The summed E-state index contributed by atoms with van der Waals surface area (Å²) in [4.78, 5) is 24.1. The maximum atomic E-state index is 11.1. The van der Waals surface area contributed by atoms with Crippen molar-refractivity contribution in [1.29, 1.82) is 0 Å². The minimum Gasteiger partial charge on any atom is -0.469 e. The molecule has 1 aliphatic rings. The fourth-order valence-corrected chi connectivity index (χ4v) is 2.63. The number of carbonyl (C=O) groups is 2. The summed E-state index contributed by atoms with van der Waals surface area (Å²) in [6.07, 6.45) is 4.79. The first-order valence-corrected chi connectivity index (χ1v) is 7.84. The van der Waals surface area contributed by atoms with Crippen LogP contribution in [0.15, 0.2) is 0 Å². The molecule has 0 saturated carbocycles. The van der Waals surface area contributed by atoms with Crippen molar-refractivity contribution in [3.05, 3.63) is 0 Å². The normalized spacial score (nSPS) is 15.6. The molecule has 6 nitrogen and oxygen atoms in total. The van der Waals surface area contributed by atoms with E-state index in [0.29, 0.717) is 6.42 Å². The van der Waals surface area contributed by atoms with Crippen molar-refractivity contribution in [1.82, 2.24) is 10.2 Å². The van der Waals surface area contributed by atoms with E-state index in [9.17, 15) is 9.59 Å². The highest BCUT2D eigenvalue weighted by Crippen LogP contribution is 2.16. The molecule has 0 radical (unpaired) electrons. The number of piperidine rings is 1. The summed E-state index contributed by atoms with van der Waals surface area (Å²) < 4.78 is 4.58. The highest BCUT2D eigenvalue weighted by Gasteiger charge is 2.24. The van der Waals surface area contributed by atoms with Gasteiger partial charge in [-0.25, -0.2) is 0 Å². The fraction of sp³-hybridized carbons (Fsp3) is 0.786. The van der Waals surface area contributed by atoms with E-state index >= 15 is 0 Å². The van der Waals surface area contributed by atoms with Crippen LogP contribution in [0.25, 0.3) is 0 Å². The van der Waals surface area contributed by atoms with Gasteiger partial charge in [0.15, 0.2) is 5.11 Å². The lowest BCUT2D eigenvalue weighted by atomic mass is 9.97. The van der Waals surface area contributed by atoms with Crippen LogP contribution in [-0.4, -0.2) is 48.6 Å². The van der Waals surface area contributed by atoms with Crippen molar-refractivity contribution in [2.24, 2.45) is 11.7 Å². The molecule has 0 atom stereocenters. The monoisotopic (exact) mass is 315 g/mol. The summed E-state index contributed by atoms with van der Waals surface area (Å²) in [6.45, 7) is 2.36. The smallest absolute Gasteiger partial charge is 0.305 e. The maximum absolute atomic E-state index is 11.1. The molecule has 1 fully saturated rings. The van der Waals surface area contributed by atoms with Gasteiger partial charge in [-0.05, 0) is 37.9 Å². The van der Waals surface area contributed by atoms with Gasteiger partial charge in [0.05, 0.1) is 7.11 Å². The van der Waals surface area contributed by atoms with Gasteiger partial charge in [0.1, 0.15) is 0 Å². The summed E-state index contributed by atoms with van der Waals surface area (Å²) in [7, 11) is 1.41. The van der Waals surface area contributed by atoms with Crippen LogP contribution in [0.1, 0.15) is 38.5 Å². The molecule has 21 heavy (non-hydrogen) atoms. The van der Waals surface area contributed by atoms with E-state index in [-0.39, 0.29) is 17.8 Å². The molecule has 1 aliphatic heterocycles. The van der Waals surface area contributed by atoms with Crippen molar-refractivity contribution in [3.63, 3.8) is 0 Å². The minimum absolute atomic E-state index is 0.0117. The zero-order chi connectivity index (χ0) is 15.7. The predicted octanol–water partition coefficient (Wildman–Crippen LogP) is 0.792. The maximum Gasteiger partial charge on any atom is 0.305 e. The summed E-state index contributed by atoms with van der Waals surface area (Å²) in [6, 6.07) is 0. The second-order valence-corrected chi connectivity index (χ2v) is 5.67. The molecule has 0 aromatic heterocycles.